The van der Waals surface area contributed by atoms with E-state index in [1.54, 1.807) is 18.2 Å². The molecule has 1 heterocycles. The van der Waals surface area contributed by atoms with Crippen LogP contribution >= 0.6 is 11.6 Å². The summed E-state index contributed by atoms with van der Waals surface area (Å²) in [5.74, 6) is 1.13. The van der Waals surface area contributed by atoms with Crippen molar-refractivity contribution in [3.8, 4) is 0 Å². The first-order valence-corrected chi connectivity index (χ1v) is 9.73. The van der Waals surface area contributed by atoms with Gasteiger partial charge in [0.25, 0.3) is 0 Å². The van der Waals surface area contributed by atoms with Crippen molar-refractivity contribution in [3.05, 3.63) is 65.4 Å². The fraction of sp³-hybridized carbons (Fsp3) is 0.0588. The SMILES string of the molecule is Nc1ccc(S(N)(=O)=O)cc1CNc1cc(Nc2ccc(Cl)cc2)ncn1. The number of rotatable bonds is 6. The second kappa shape index (κ2) is 7.78. The number of aromatic nitrogens is 2. The normalized spacial score (nSPS) is 11.2. The van der Waals surface area contributed by atoms with Gasteiger partial charge < -0.3 is 16.4 Å². The molecule has 2 aromatic carbocycles. The summed E-state index contributed by atoms with van der Waals surface area (Å²) in [6.45, 7) is 0.270. The first-order chi connectivity index (χ1) is 12.8. The Bertz CT molecular complexity index is 1060. The van der Waals surface area contributed by atoms with E-state index in [1.807, 2.05) is 12.1 Å². The predicted molar refractivity (Wildman–Crippen MR) is 106 cm³/mol. The maximum atomic E-state index is 11.5. The van der Waals surface area contributed by atoms with E-state index >= 15 is 0 Å². The molecule has 0 spiro atoms. The van der Waals surface area contributed by atoms with Gasteiger partial charge in [-0.3, -0.25) is 0 Å². The van der Waals surface area contributed by atoms with Gasteiger partial charge in [-0.2, -0.15) is 0 Å². The number of nitrogens with one attached hydrogen (secondary N) is 2. The zero-order chi connectivity index (χ0) is 19.4. The Morgan fingerprint density at radius 2 is 1.70 bits per heavy atom. The van der Waals surface area contributed by atoms with Gasteiger partial charge in [-0.1, -0.05) is 11.6 Å². The molecule has 3 aromatic rings. The molecule has 0 saturated heterocycles. The van der Waals surface area contributed by atoms with E-state index in [0.29, 0.717) is 27.9 Å². The summed E-state index contributed by atoms with van der Waals surface area (Å²) in [5.41, 5.74) is 7.78. The van der Waals surface area contributed by atoms with Crippen molar-refractivity contribution in [1.82, 2.24) is 9.97 Å². The molecule has 0 aliphatic rings. The number of nitrogens with zero attached hydrogens (tertiary/aromatic N) is 2. The molecule has 8 nitrogen and oxygen atoms in total. The minimum absolute atomic E-state index is 0.00119. The van der Waals surface area contributed by atoms with Crippen molar-refractivity contribution in [3.63, 3.8) is 0 Å². The van der Waals surface area contributed by atoms with Crippen LogP contribution in [0.5, 0.6) is 0 Å². The Morgan fingerprint density at radius 3 is 2.41 bits per heavy atom. The molecule has 0 amide bonds. The Morgan fingerprint density at radius 1 is 1.00 bits per heavy atom. The lowest BCUT2D eigenvalue weighted by atomic mass is 10.2. The third-order valence-electron chi connectivity index (χ3n) is 3.69. The average Bonchev–Trinajstić information content (AvgIpc) is 2.62. The van der Waals surface area contributed by atoms with E-state index in [4.69, 9.17) is 22.5 Å². The molecule has 0 atom stereocenters. The zero-order valence-electron chi connectivity index (χ0n) is 14.1. The minimum Gasteiger partial charge on any atom is -0.398 e. The Hall–Kier alpha value is -2.88. The molecule has 0 aliphatic carbocycles. The number of halogens is 1. The van der Waals surface area contributed by atoms with Crippen molar-refractivity contribution >= 4 is 44.6 Å². The minimum atomic E-state index is -3.80. The van der Waals surface area contributed by atoms with Crippen molar-refractivity contribution < 1.29 is 8.42 Å². The van der Waals surface area contributed by atoms with Crippen LogP contribution in [0.1, 0.15) is 5.56 Å². The summed E-state index contributed by atoms with van der Waals surface area (Å²) in [6.07, 6.45) is 1.41. The van der Waals surface area contributed by atoms with Crippen LogP contribution in [-0.2, 0) is 16.6 Å². The van der Waals surface area contributed by atoms with Crippen molar-refractivity contribution in [2.24, 2.45) is 5.14 Å². The van der Waals surface area contributed by atoms with E-state index in [-0.39, 0.29) is 11.4 Å². The molecule has 1 aromatic heterocycles. The largest absolute Gasteiger partial charge is 0.398 e. The first kappa shape index (κ1) is 18.9. The predicted octanol–water partition coefficient (Wildman–Crippen LogP) is 2.72. The molecular weight excluding hydrogens is 388 g/mol. The van der Waals surface area contributed by atoms with Gasteiger partial charge in [0, 0.05) is 29.0 Å². The van der Waals surface area contributed by atoms with Crippen LogP contribution in [0.15, 0.2) is 59.8 Å². The topological polar surface area (TPSA) is 136 Å². The monoisotopic (exact) mass is 404 g/mol. The maximum Gasteiger partial charge on any atom is 0.238 e. The highest BCUT2D eigenvalue weighted by Crippen LogP contribution is 2.21. The lowest BCUT2D eigenvalue weighted by molar-refractivity contribution is 0.597. The molecule has 0 radical (unpaired) electrons. The van der Waals surface area contributed by atoms with Crippen LogP contribution < -0.4 is 21.5 Å². The first-order valence-electron chi connectivity index (χ1n) is 7.81. The molecule has 27 heavy (non-hydrogen) atoms. The summed E-state index contributed by atoms with van der Waals surface area (Å²) in [7, 11) is -3.80. The standard InChI is InChI=1S/C17H17ClN6O2S/c18-12-1-3-13(4-2-12)24-17-8-16(22-10-23-17)21-9-11-7-14(27(20,25)26)5-6-15(11)19/h1-8,10H,9,19H2,(H2,20,25,26)(H2,21,22,23,24). The van der Waals surface area contributed by atoms with E-state index in [2.05, 4.69) is 20.6 Å². The van der Waals surface area contributed by atoms with Gasteiger partial charge in [-0.15, -0.1) is 0 Å². The van der Waals surface area contributed by atoms with Crippen LogP contribution in [0.25, 0.3) is 0 Å². The average molecular weight is 405 g/mol. The van der Waals surface area contributed by atoms with E-state index in [1.165, 1.54) is 24.5 Å². The van der Waals surface area contributed by atoms with Crippen LogP contribution in [0, 0.1) is 0 Å². The van der Waals surface area contributed by atoms with Crippen molar-refractivity contribution in [1.29, 1.82) is 0 Å². The number of nitrogen functional groups attached to an aromatic ring is 1. The van der Waals surface area contributed by atoms with Gasteiger partial charge in [0.1, 0.15) is 18.0 Å². The van der Waals surface area contributed by atoms with Crippen LogP contribution in [-0.4, -0.2) is 18.4 Å². The number of primary sulfonamides is 1. The molecule has 3 rings (SSSR count). The number of hydrogen-bond donors (Lipinski definition) is 4. The number of benzene rings is 2. The van der Waals surface area contributed by atoms with E-state index < -0.39 is 10.0 Å². The van der Waals surface area contributed by atoms with Crippen LogP contribution in [0.3, 0.4) is 0 Å². The Kier molecular flexibility index (Phi) is 5.45. The molecule has 0 aliphatic heterocycles. The third-order valence-corrected chi connectivity index (χ3v) is 4.85. The summed E-state index contributed by atoms with van der Waals surface area (Å²) in [5, 5.41) is 12.0. The lowest BCUT2D eigenvalue weighted by Crippen LogP contribution is -2.13. The highest BCUT2D eigenvalue weighted by molar-refractivity contribution is 7.89. The van der Waals surface area contributed by atoms with Gasteiger partial charge >= 0.3 is 0 Å². The quantitative estimate of drug-likeness (QED) is 0.463. The molecule has 10 heteroatoms. The maximum absolute atomic E-state index is 11.5. The summed E-state index contributed by atoms with van der Waals surface area (Å²) >= 11 is 5.87. The molecule has 6 N–H and O–H groups in total. The van der Waals surface area contributed by atoms with Crippen LogP contribution in [0.2, 0.25) is 5.02 Å². The van der Waals surface area contributed by atoms with Gasteiger partial charge in [0.15, 0.2) is 0 Å². The van der Waals surface area contributed by atoms with Gasteiger partial charge in [-0.25, -0.2) is 23.5 Å². The highest BCUT2D eigenvalue weighted by Gasteiger charge is 2.10. The third kappa shape index (κ3) is 5.07. The van der Waals surface area contributed by atoms with Crippen LogP contribution in [0.4, 0.5) is 23.0 Å². The fourth-order valence-electron chi connectivity index (χ4n) is 2.30. The molecule has 0 unspecified atom stereocenters. The van der Waals surface area contributed by atoms with E-state index in [0.717, 1.165) is 5.69 Å². The number of anilines is 4. The smallest absolute Gasteiger partial charge is 0.238 e. The highest BCUT2D eigenvalue weighted by atomic mass is 35.5. The fourth-order valence-corrected chi connectivity index (χ4v) is 2.99. The summed E-state index contributed by atoms with van der Waals surface area (Å²) in [4.78, 5) is 8.31. The van der Waals surface area contributed by atoms with Gasteiger partial charge in [0.05, 0.1) is 4.90 Å². The Labute approximate surface area is 161 Å². The molecule has 0 fully saturated rings. The molecule has 0 bridgehead atoms. The second-order valence-corrected chi connectivity index (χ2v) is 7.68. The summed E-state index contributed by atoms with van der Waals surface area (Å²) < 4.78 is 23.0. The lowest BCUT2D eigenvalue weighted by Gasteiger charge is -2.11. The second-order valence-electron chi connectivity index (χ2n) is 5.68. The van der Waals surface area contributed by atoms with Crippen molar-refractivity contribution in [2.45, 2.75) is 11.4 Å². The zero-order valence-corrected chi connectivity index (χ0v) is 15.6. The number of sulfonamides is 1. The molecule has 0 saturated carbocycles. The Balaban J connectivity index is 1.73. The summed E-state index contributed by atoms with van der Waals surface area (Å²) in [6, 6.07) is 13.2. The van der Waals surface area contributed by atoms with Gasteiger partial charge in [-0.05, 0) is 48.0 Å². The number of nitrogens with two attached hydrogens (primary N) is 2. The van der Waals surface area contributed by atoms with E-state index in [9.17, 15) is 8.42 Å². The molecule has 140 valence electrons. The number of hydrogen-bond acceptors (Lipinski definition) is 7. The van der Waals surface area contributed by atoms with Gasteiger partial charge in [0.2, 0.25) is 10.0 Å². The molecular formula is C17H17ClN6O2S. The van der Waals surface area contributed by atoms with Crippen molar-refractivity contribution in [2.75, 3.05) is 16.4 Å².